The average Bonchev–Trinajstić information content (AvgIpc) is 3.22. The molecular weight excluding hydrogens is 276 g/mol. The molecule has 0 aromatic carbocycles. The van der Waals surface area contributed by atoms with Crippen molar-refractivity contribution in [2.24, 2.45) is 5.92 Å². The van der Waals surface area contributed by atoms with E-state index in [2.05, 4.69) is 12.2 Å². The van der Waals surface area contributed by atoms with Gasteiger partial charge in [0.15, 0.2) is 0 Å². The molecule has 0 heterocycles. The highest BCUT2D eigenvalue weighted by atomic mass is 32.2. The summed E-state index contributed by atoms with van der Waals surface area (Å²) < 4.78 is 30.9. The molecule has 0 radical (unpaired) electrons. The Hall–Kier alpha value is -0.170. The van der Waals surface area contributed by atoms with Crippen molar-refractivity contribution in [1.82, 2.24) is 9.62 Å². The second kappa shape index (κ2) is 9.71. The van der Waals surface area contributed by atoms with E-state index in [4.69, 9.17) is 4.74 Å². The minimum Gasteiger partial charge on any atom is -0.380 e. The molecule has 5 nitrogen and oxygen atoms in total. The maximum atomic E-state index is 12.0. The van der Waals surface area contributed by atoms with Gasteiger partial charge in [0.05, 0.1) is 12.4 Å². The summed E-state index contributed by atoms with van der Waals surface area (Å²) in [5, 5.41) is 3.28. The Balaban J connectivity index is 2.04. The van der Waals surface area contributed by atoms with Crippen LogP contribution in [0, 0.1) is 5.92 Å². The van der Waals surface area contributed by atoms with E-state index in [1.807, 2.05) is 0 Å². The van der Waals surface area contributed by atoms with Crippen molar-refractivity contribution in [3.8, 4) is 0 Å². The third-order valence-corrected chi connectivity index (χ3v) is 5.45. The highest BCUT2D eigenvalue weighted by molar-refractivity contribution is 7.89. The fourth-order valence-electron chi connectivity index (χ4n) is 1.86. The lowest BCUT2D eigenvalue weighted by molar-refractivity contribution is 0.117. The SMILES string of the molecule is CCCNCCCCS(=O)(=O)N(C)CCOCC1CC1. The Morgan fingerprint density at radius 3 is 2.65 bits per heavy atom. The first-order chi connectivity index (χ1) is 9.56. The monoisotopic (exact) mass is 306 g/mol. The Morgan fingerprint density at radius 2 is 2.00 bits per heavy atom. The molecule has 0 aromatic rings. The summed E-state index contributed by atoms with van der Waals surface area (Å²) in [7, 11) is -1.47. The molecular formula is C14H30N2O3S. The Kier molecular flexibility index (Phi) is 8.68. The van der Waals surface area contributed by atoms with Crippen molar-refractivity contribution in [2.75, 3.05) is 45.6 Å². The number of rotatable bonds is 13. The van der Waals surface area contributed by atoms with E-state index in [-0.39, 0.29) is 5.75 Å². The summed E-state index contributed by atoms with van der Waals surface area (Å²) in [6.07, 6.45) is 5.26. The van der Waals surface area contributed by atoms with E-state index < -0.39 is 10.0 Å². The Bertz CT molecular complexity index is 342. The molecule has 1 aliphatic rings. The van der Waals surface area contributed by atoms with Gasteiger partial charge in [-0.25, -0.2) is 12.7 Å². The van der Waals surface area contributed by atoms with E-state index in [0.717, 1.165) is 38.5 Å². The summed E-state index contributed by atoms with van der Waals surface area (Å²) >= 11 is 0. The molecule has 0 spiro atoms. The molecule has 120 valence electrons. The van der Waals surface area contributed by atoms with E-state index in [9.17, 15) is 8.42 Å². The molecule has 0 atom stereocenters. The van der Waals surface area contributed by atoms with Crippen molar-refractivity contribution in [3.05, 3.63) is 0 Å². The predicted molar refractivity (Wildman–Crippen MR) is 82.4 cm³/mol. The van der Waals surface area contributed by atoms with Gasteiger partial charge in [-0.1, -0.05) is 6.92 Å². The fourth-order valence-corrected chi connectivity index (χ4v) is 3.09. The molecule has 1 rings (SSSR count). The number of nitrogens with zero attached hydrogens (tertiary/aromatic N) is 1. The van der Waals surface area contributed by atoms with Gasteiger partial charge in [-0.15, -0.1) is 0 Å². The number of hydrogen-bond donors (Lipinski definition) is 1. The van der Waals surface area contributed by atoms with Gasteiger partial charge in [0.1, 0.15) is 0 Å². The topological polar surface area (TPSA) is 58.6 Å². The lowest BCUT2D eigenvalue weighted by atomic mass is 10.3. The van der Waals surface area contributed by atoms with Gasteiger partial charge in [0.25, 0.3) is 0 Å². The Morgan fingerprint density at radius 1 is 1.25 bits per heavy atom. The fraction of sp³-hybridized carbons (Fsp3) is 1.00. The van der Waals surface area contributed by atoms with Crippen LogP contribution in [0.3, 0.4) is 0 Å². The summed E-state index contributed by atoms with van der Waals surface area (Å²) in [4.78, 5) is 0. The maximum absolute atomic E-state index is 12.0. The van der Waals surface area contributed by atoms with Crippen molar-refractivity contribution >= 4 is 10.0 Å². The number of sulfonamides is 1. The van der Waals surface area contributed by atoms with Crippen molar-refractivity contribution in [1.29, 1.82) is 0 Å². The zero-order valence-corrected chi connectivity index (χ0v) is 13.8. The number of hydrogen-bond acceptors (Lipinski definition) is 4. The molecule has 1 N–H and O–H groups in total. The first-order valence-electron chi connectivity index (χ1n) is 7.78. The summed E-state index contributed by atoms with van der Waals surface area (Å²) in [6.45, 7) is 5.78. The maximum Gasteiger partial charge on any atom is 0.213 e. The third kappa shape index (κ3) is 8.19. The Labute approximate surface area is 124 Å². The van der Waals surface area contributed by atoms with E-state index in [0.29, 0.717) is 19.6 Å². The molecule has 0 bridgehead atoms. The third-order valence-electron chi connectivity index (χ3n) is 3.51. The molecule has 0 aromatic heterocycles. The number of nitrogens with one attached hydrogen (secondary N) is 1. The van der Waals surface area contributed by atoms with Crippen LogP contribution in [0.15, 0.2) is 0 Å². The van der Waals surface area contributed by atoms with Crippen LogP contribution in [0.1, 0.15) is 39.0 Å². The molecule has 0 aliphatic heterocycles. The molecule has 0 saturated heterocycles. The summed E-state index contributed by atoms with van der Waals surface area (Å²) in [5.41, 5.74) is 0. The minimum absolute atomic E-state index is 0.236. The van der Waals surface area contributed by atoms with Gasteiger partial charge < -0.3 is 10.1 Å². The van der Waals surface area contributed by atoms with Crippen LogP contribution >= 0.6 is 0 Å². The van der Waals surface area contributed by atoms with Crippen LogP contribution in [0.25, 0.3) is 0 Å². The van der Waals surface area contributed by atoms with Gasteiger partial charge in [0.2, 0.25) is 10.0 Å². The van der Waals surface area contributed by atoms with Crippen molar-refractivity contribution < 1.29 is 13.2 Å². The van der Waals surface area contributed by atoms with Gasteiger partial charge in [-0.2, -0.15) is 0 Å². The molecule has 20 heavy (non-hydrogen) atoms. The van der Waals surface area contributed by atoms with Crippen molar-refractivity contribution in [2.45, 2.75) is 39.0 Å². The number of unbranched alkanes of at least 4 members (excludes halogenated alkanes) is 1. The summed E-state index contributed by atoms with van der Waals surface area (Å²) in [5.74, 6) is 0.965. The van der Waals surface area contributed by atoms with Gasteiger partial charge >= 0.3 is 0 Å². The van der Waals surface area contributed by atoms with E-state index in [1.165, 1.54) is 17.1 Å². The van der Waals surface area contributed by atoms with E-state index >= 15 is 0 Å². The smallest absolute Gasteiger partial charge is 0.213 e. The molecule has 1 aliphatic carbocycles. The largest absolute Gasteiger partial charge is 0.380 e. The van der Waals surface area contributed by atoms with Gasteiger partial charge in [-0.3, -0.25) is 0 Å². The van der Waals surface area contributed by atoms with Gasteiger partial charge in [-0.05, 0) is 51.1 Å². The zero-order valence-electron chi connectivity index (χ0n) is 12.9. The highest BCUT2D eigenvalue weighted by Gasteiger charge is 2.21. The normalized spacial score (nSPS) is 15.9. The lowest BCUT2D eigenvalue weighted by Gasteiger charge is -2.17. The molecule has 0 amide bonds. The number of likely N-dealkylation sites (N-methyl/N-ethyl adjacent to an activating group) is 1. The first kappa shape index (κ1) is 17.9. The quantitative estimate of drug-likeness (QED) is 0.523. The minimum atomic E-state index is -3.11. The standard InChI is InChI=1S/C14H30N2O3S/c1-3-8-15-9-4-5-12-20(17,18)16(2)10-11-19-13-14-6-7-14/h14-15H,3-13H2,1-2H3. The molecule has 6 heteroatoms. The summed E-state index contributed by atoms with van der Waals surface area (Å²) in [6, 6.07) is 0. The van der Waals surface area contributed by atoms with Crippen LogP contribution in [0.2, 0.25) is 0 Å². The zero-order chi connectivity index (χ0) is 14.8. The molecule has 1 saturated carbocycles. The van der Waals surface area contributed by atoms with Crippen LogP contribution in [-0.4, -0.2) is 58.4 Å². The van der Waals surface area contributed by atoms with Crippen LogP contribution in [0.5, 0.6) is 0 Å². The molecule has 1 fully saturated rings. The highest BCUT2D eigenvalue weighted by Crippen LogP contribution is 2.28. The first-order valence-corrected chi connectivity index (χ1v) is 9.39. The van der Waals surface area contributed by atoms with Crippen LogP contribution < -0.4 is 5.32 Å². The van der Waals surface area contributed by atoms with Crippen LogP contribution in [0.4, 0.5) is 0 Å². The lowest BCUT2D eigenvalue weighted by Crippen LogP contribution is -2.32. The molecule has 0 unspecified atom stereocenters. The predicted octanol–water partition coefficient (Wildman–Crippen LogP) is 1.45. The van der Waals surface area contributed by atoms with Gasteiger partial charge in [0, 0.05) is 20.2 Å². The second-order valence-corrected chi connectivity index (χ2v) is 7.81. The second-order valence-electron chi connectivity index (χ2n) is 5.61. The van der Waals surface area contributed by atoms with Crippen LogP contribution in [-0.2, 0) is 14.8 Å². The number of ether oxygens (including phenoxy) is 1. The van der Waals surface area contributed by atoms with E-state index in [1.54, 1.807) is 7.05 Å². The van der Waals surface area contributed by atoms with Crippen molar-refractivity contribution in [3.63, 3.8) is 0 Å². The average molecular weight is 306 g/mol.